The van der Waals surface area contributed by atoms with E-state index in [0.29, 0.717) is 6.04 Å². The van der Waals surface area contributed by atoms with Crippen LogP contribution in [0.15, 0.2) is 42.5 Å². The summed E-state index contributed by atoms with van der Waals surface area (Å²) >= 11 is 0. The third-order valence-electron chi connectivity index (χ3n) is 4.19. The van der Waals surface area contributed by atoms with Crippen molar-refractivity contribution in [3.05, 3.63) is 48.0 Å². The number of nitrogens with zero attached hydrogens (tertiary/aromatic N) is 1. The van der Waals surface area contributed by atoms with Gasteiger partial charge in [-0.05, 0) is 55.3 Å². The minimum absolute atomic E-state index is 0.551. The maximum absolute atomic E-state index is 2.62. The monoisotopic (exact) mass is 239 g/mol. The van der Waals surface area contributed by atoms with Crippen molar-refractivity contribution in [2.24, 2.45) is 0 Å². The molecule has 0 aromatic heterocycles. The van der Waals surface area contributed by atoms with Crippen LogP contribution >= 0.6 is 0 Å². The number of likely N-dealkylation sites (tertiary alicyclic amines) is 1. The molecule has 1 saturated heterocycles. The first-order valence-corrected chi connectivity index (χ1v) is 7.07. The van der Waals surface area contributed by atoms with Gasteiger partial charge in [0.15, 0.2) is 0 Å². The van der Waals surface area contributed by atoms with Gasteiger partial charge in [0.1, 0.15) is 0 Å². The largest absolute Gasteiger partial charge is 0.297 e. The average molecular weight is 239 g/mol. The Morgan fingerprint density at radius 1 is 0.889 bits per heavy atom. The molecule has 1 atom stereocenters. The summed E-state index contributed by atoms with van der Waals surface area (Å²) in [5.74, 6) is 0. The number of benzene rings is 2. The lowest BCUT2D eigenvalue weighted by Crippen LogP contribution is -2.32. The Balaban J connectivity index is 1.88. The SMILES string of the molecule is CC(c1ccc2ccccc2c1)N1CCCCC1. The smallest absolute Gasteiger partial charge is 0.0320 e. The van der Waals surface area contributed by atoms with E-state index < -0.39 is 0 Å². The molecule has 0 aliphatic carbocycles. The number of hydrogen-bond acceptors (Lipinski definition) is 1. The van der Waals surface area contributed by atoms with Crippen molar-refractivity contribution in [3.8, 4) is 0 Å². The van der Waals surface area contributed by atoms with Gasteiger partial charge < -0.3 is 0 Å². The lowest BCUT2D eigenvalue weighted by atomic mass is 10.00. The Morgan fingerprint density at radius 3 is 2.39 bits per heavy atom. The second-order valence-corrected chi connectivity index (χ2v) is 5.38. The first kappa shape index (κ1) is 11.7. The fourth-order valence-corrected chi connectivity index (χ4v) is 2.98. The highest BCUT2D eigenvalue weighted by atomic mass is 15.2. The van der Waals surface area contributed by atoms with Crippen molar-refractivity contribution >= 4 is 10.8 Å². The molecule has 18 heavy (non-hydrogen) atoms. The van der Waals surface area contributed by atoms with E-state index in [1.54, 1.807) is 0 Å². The average Bonchev–Trinajstić information content (AvgIpc) is 2.47. The van der Waals surface area contributed by atoms with Crippen molar-refractivity contribution in [1.82, 2.24) is 4.90 Å². The summed E-state index contributed by atoms with van der Waals surface area (Å²) in [4.78, 5) is 2.62. The van der Waals surface area contributed by atoms with Gasteiger partial charge in [0.25, 0.3) is 0 Å². The van der Waals surface area contributed by atoms with Gasteiger partial charge >= 0.3 is 0 Å². The van der Waals surface area contributed by atoms with Crippen LogP contribution in [-0.2, 0) is 0 Å². The molecule has 2 aromatic carbocycles. The number of fused-ring (bicyclic) bond motifs is 1. The summed E-state index contributed by atoms with van der Waals surface area (Å²) in [5, 5.41) is 2.70. The van der Waals surface area contributed by atoms with E-state index in [1.807, 2.05) is 0 Å². The quantitative estimate of drug-likeness (QED) is 0.751. The predicted molar refractivity (Wildman–Crippen MR) is 77.8 cm³/mol. The Hall–Kier alpha value is -1.34. The lowest BCUT2D eigenvalue weighted by Gasteiger charge is -2.32. The van der Waals surface area contributed by atoms with E-state index in [0.717, 1.165) is 0 Å². The van der Waals surface area contributed by atoms with Gasteiger partial charge in [0.05, 0.1) is 0 Å². The maximum Gasteiger partial charge on any atom is 0.0320 e. The molecule has 2 aromatic rings. The van der Waals surface area contributed by atoms with Gasteiger partial charge in [0, 0.05) is 6.04 Å². The minimum atomic E-state index is 0.551. The first-order valence-electron chi connectivity index (χ1n) is 7.07. The lowest BCUT2D eigenvalue weighted by molar-refractivity contribution is 0.175. The van der Waals surface area contributed by atoms with E-state index in [2.05, 4.69) is 54.3 Å². The highest BCUT2D eigenvalue weighted by Crippen LogP contribution is 2.26. The van der Waals surface area contributed by atoms with Gasteiger partial charge in [-0.25, -0.2) is 0 Å². The topological polar surface area (TPSA) is 3.24 Å². The van der Waals surface area contributed by atoms with E-state index in [4.69, 9.17) is 0 Å². The molecule has 0 N–H and O–H groups in total. The van der Waals surface area contributed by atoms with Gasteiger partial charge in [-0.1, -0.05) is 42.8 Å². The maximum atomic E-state index is 2.62. The minimum Gasteiger partial charge on any atom is -0.297 e. The second-order valence-electron chi connectivity index (χ2n) is 5.38. The Morgan fingerprint density at radius 2 is 1.61 bits per heavy atom. The van der Waals surface area contributed by atoms with Crippen LogP contribution in [0.4, 0.5) is 0 Å². The van der Waals surface area contributed by atoms with Crippen LogP contribution in [0.1, 0.15) is 37.8 Å². The number of piperidine rings is 1. The van der Waals surface area contributed by atoms with E-state index >= 15 is 0 Å². The zero-order chi connectivity index (χ0) is 12.4. The van der Waals surface area contributed by atoms with Crippen LogP contribution in [-0.4, -0.2) is 18.0 Å². The second kappa shape index (κ2) is 5.11. The molecule has 3 rings (SSSR count). The summed E-state index contributed by atoms with van der Waals surface area (Å²) in [7, 11) is 0. The summed E-state index contributed by atoms with van der Waals surface area (Å²) < 4.78 is 0. The molecule has 1 nitrogen and oxygen atoms in total. The third-order valence-corrected chi connectivity index (χ3v) is 4.19. The van der Waals surface area contributed by atoms with Crippen molar-refractivity contribution < 1.29 is 0 Å². The molecule has 0 amide bonds. The molecule has 94 valence electrons. The first-order chi connectivity index (χ1) is 8.84. The highest BCUT2D eigenvalue weighted by Gasteiger charge is 2.17. The molecule has 1 heterocycles. The van der Waals surface area contributed by atoms with Gasteiger partial charge in [0.2, 0.25) is 0 Å². The Bertz CT molecular complexity index is 526. The van der Waals surface area contributed by atoms with Crippen LogP contribution in [0, 0.1) is 0 Å². The van der Waals surface area contributed by atoms with Crippen molar-refractivity contribution in [3.63, 3.8) is 0 Å². The van der Waals surface area contributed by atoms with Gasteiger partial charge in [-0.2, -0.15) is 0 Å². The van der Waals surface area contributed by atoms with Crippen molar-refractivity contribution in [2.75, 3.05) is 13.1 Å². The van der Waals surface area contributed by atoms with Gasteiger partial charge in [-0.3, -0.25) is 4.90 Å². The summed E-state index contributed by atoms with van der Waals surface area (Å²) in [6.07, 6.45) is 4.12. The molecule has 0 spiro atoms. The Kier molecular flexibility index (Phi) is 3.33. The van der Waals surface area contributed by atoms with Crippen molar-refractivity contribution in [2.45, 2.75) is 32.2 Å². The normalized spacial score (nSPS) is 18.9. The van der Waals surface area contributed by atoms with Crippen molar-refractivity contribution in [1.29, 1.82) is 0 Å². The molecule has 0 saturated carbocycles. The molecule has 1 heteroatoms. The number of hydrogen-bond donors (Lipinski definition) is 0. The van der Waals surface area contributed by atoms with Crippen LogP contribution in [0.3, 0.4) is 0 Å². The zero-order valence-corrected chi connectivity index (χ0v) is 11.1. The van der Waals surface area contributed by atoms with Crippen LogP contribution < -0.4 is 0 Å². The summed E-state index contributed by atoms with van der Waals surface area (Å²) in [6, 6.07) is 16.1. The third kappa shape index (κ3) is 2.28. The molecule has 1 unspecified atom stereocenters. The molecular formula is C17H21N. The molecular weight excluding hydrogens is 218 g/mol. The van der Waals surface area contributed by atoms with E-state index in [1.165, 1.54) is 48.7 Å². The summed E-state index contributed by atoms with van der Waals surface area (Å²) in [6.45, 7) is 4.86. The molecule has 1 aliphatic heterocycles. The summed E-state index contributed by atoms with van der Waals surface area (Å²) in [5.41, 5.74) is 1.45. The standard InChI is InChI=1S/C17H21N/c1-14(18-11-5-2-6-12-18)16-10-9-15-7-3-4-8-17(15)13-16/h3-4,7-10,13-14H,2,5-6,11-12H2,1H3. The fourth-order valence-electron chi connectivity index (χ4n) is 2.98. The van der Waals surface area contributed by atoms with E-state index in [9.17, 15) is 0 Å². The molecule has 0 bridgehead atoms. The molecule has 0 radical (unpaired) electrons. The predicted octanol–water partition coefficient (Wildman–Crippen LogP) is 4.39. The van der Waals surface area contributed by atoms with Crippen LogP contribution in [0.25, 0.3) is 10.8 Å². The van der Waals surface area contributed by atoms with Crippen LogP contribution in [0.2, 0.25) is 0 Å². The zero-order valence-electron chi connectivity index (χ0n) is 11.1. The van der Waals surface area contributed by atoms with E-state index in [-0.39, 0.29) is 0 Å². The highest BCUT2D eigenvalue weighted by molar-refractivity contribution is 5.83. The molecule has 1 aliphatic rings. The van der Waals surface area contributed by atoms with Gasteiger partial charge in [-0.15, -0.1) is 0 Å². The van der Waals surface area contributed by atoms with Crippen LogP contribution in [0.5, 0.6) is 0 Å². The Labute approximate surface area is 109 Å². The molecule has 1 fully saturated rings. The fraction of sp³-hybridized carbons (Fsp3) is 0.412. The number of rotatable bonds is 2.